The molecule has 22 heavy (non-hydrogen) atoms. The van der Waals surface area contributed by atoms with E-state index in [2.05, 4.69) is 13.8 Å². The first-order valence-corrected chi connectivity index (χ1v) is 9.43. The molecule has 4 saturated carbocycles. The summed E-state index contributed by atoms with van der Waals surface area (Å²) in [7, 11) is 0. The molecule has 126 valence electrons. The summed E-state index contributed by atoms with van der Waals surface area (Å²) in [6, 6.07) is 0. The highest BCUT2D eigenvalue weighted by Gasteiger charge is 2.64. The summed E-state index contributed by atoms with van der Waals surface area (Å²) in [5.74, 6) is 1.82. The van der Waals surface area contributed by atoms with E-state index in [9.17, 15) is 15.3 Å². The van der Waals surface area contributed by atoms with E-state index in [1.54, 1.807) is 0 Å². The maximum Gasteiger partial charge on any atom is 0.0600 e. The first kappa shape index (κ1) is 15.4. The summed E-state index contributed by atoms with van der Waals surface area (Å²) in [5, 5.41) is 32.3. The summed E-state index contributed by atoms with van der Waals surface area (Å²) in [5.41, 5.74) is -0.223. The Morgan fingerprint density at radius 3 is 2.36 bits per heavy atom. The van der Waals surface area contributed by atoms with Crippen molar-refractivity contribution in [1.82, 2.24) is 0 Å². The molecule has 0 aromatic rings. The molecule has 0 bridgehead atoms. The summed E-state index contributed by atoms with van der Waals surface area (Å²) in [6.45, 7) is 4.45. The van der Waals surface area contributed by atoms with Crippen molar-refractivity contribution in [1.29, 1.82) is 0 Å². The lowest BCUT2D eigenvalue weighted by atomic mass is 9.44. The maximum atomic E-state index is 11.0. The van der Waals surface area contributed by atoms with E-state index in [4.69, 9.17) is 0 Å². The Balaban J connectivity index is 1.72. The van der Waals surface area contributed by atoms with Crippen LogP contribution in [-0.4, -0.2) is 33.6 Å². The fourth-order valence-corrected chi connectivity index (χ4v) is 7.40. The summed E-state index contributed by atoms with van der Waals surface area (Å²) in [6.07, 6.45) is 7.46. The van der Waals surface area contributed by atoms with Crippen molar-refractivity contribution in [2.45, 2.75) is 83.5 Å². The summed E-state index contributed by atoms with van der Waals surface area (Å²) >= 11 is 0. The third kappa shape index (κ3) is 1.79. The molecule has 4 aliphatic carbocycles. The van der Waals surface area contributed by atoms with E-state index in [1.165, 1.54) is 19.3 Å². The lowest BCUT2D eigenvalue weighted by Gasteiger charge is -2.62. The largest absolute Gasteiger partial charge is 0.393 e. The molecule has 4 rings (SSSR count). The molecule has 3 heteroatoms. The number of hydrogen-bond acceptors (Lipinski definition) is 3. The number of rotatable bonds is 0. The standard InChI is InChI=1S/C19H32O3/c1-18-10-14(20)17-12(13(18)8-9-15(18)21)7-6-11-4-3-5-16(22)19(11,17)2/h11-17,20-22H,3-10H2,1-2H3/t11?,12-,13-,14?,15?,16?,17-,18-,19+/m0/s1. The van der Waals surface area contributed by atoms with Crippen molar-refractivity contribution >= 4 is 0 Å². The van der Waals surface area contributed by atoms with E-state index in [-0.39, 0.29) is 35.1 Å². The van der Waals surface area contributed by atoms with Gasteiger partial charge in [-0.25, -0.2) is 0 Å². The average Bonchev–Trinajstić information content (AvgIpc) is 2.75. The second kappa shape index (κ2) is 4.94. The SMILES string of the molecule is C[C@]12C(O)CCCC1CC[C@@H]1[C@H]2C(O)C[C@]2(C)C(O)CC[C@@H]12. The average molecular weight is 308 g/mol. The van der Waals surface area contributed by atoms with E-state index < -0.39 is 0 Å². The van der Waals surface area contributed by atoms with Gasteiger partial charge in [-0.2, -0.15) is 0 Å². The molecule has 0 aliphatic heterocycles. The van der Waals surface area contributed by atoms with Crippen molar-refractivity contribution in [3.63, 3.8) is 0 Å². The first-order chi connectivity index (χ1) is 10.4. The Morgan fingerprint density at radius 2 is 1.59 bits per heavy atom. The minimum absolute atomic E-state index is 0.108. The first-order valence-electron chi connectivity index (χ1n) is 9.43. The van der Waals surface area contributed by atoms with Crippen LogP contribution in [0.15, 0.2) is 0 Å². The topological polar surface area (TPSA) is 60.7 Å². The van der Waals surface area contributed by atoms with Crippen molar-refractivity contribution in [2.75, 3.05) is 0 Å². The van der Waals surface area contributed by atoms with Crippen LogP contribution in [0.3, 0.4) is 0 Å². The van der Waals surface area contributed by atoms with Crippen LogP contribution in [0.25, 0.3) is 0 Å². The van der Waals surface area contributed by atoms with Crippen LogP contribution < -0.4 is 0 Å². The van der Waals surface area contributed by atoms with Gasteiger partial charge < -0.3 is 15.3 Å². The third-order valence-electron chi connectivity index (χ3n) is 8.60. The molecule has 9 atom stereocenters. The lowest BCUT2D eigenvalue weighted by Crippen LogP contribution is -2.62. The van der Waals surface area contributed by atoms with Crippen LogP contribution in [0.1, 0.15) is 65.2 Å². The van der Waals surface area contributed by atoms with Gasteiger partial charge in [0.15, 0.2) is 0 Å². The van der Waals surface area contributed by atoms with Gasteiger partial charge in [0, 0.05) is 5.41 Å². The number of aliphatic hydroxyl groups excluding tert-OH is 3. The molecule has 0 heterocycles. The van der Waals surface area contributed by atoms with Gasteiger partial charge in [-0.1, -0.05) is 20.3 Å². The fourth-order valence-electron chi connectivity index (χ4n) is 7.40. The van der Waals surface area contributed by atoms with Crippen LogP contribution in [0.4, 0.5) is 0 Å². The van der Waals surface area contributed by atoms with Crippen LogP contribution in [0.2, 0.25) is 0 Å². The molecule has 0 spiro atoms. The molecule has 3 nitrogen and oxygen atoms in total. The number of aliphatic hydroxyl groups is 3. The zero-order valence-corrected chi connectivity index (χ0v) is 14.0. The van der Waals surface area contributed by atoms with Crippen molar-refractivity contribution in [3.05, 3.63) is 0 Å². The van der Waals surface area contributed by atoms with Gasteiger partial charge >= 0.3 is 0 Å². The van der Waals surface area contributed by atoms with Gasteiger partial charge in [-0.05, 0) is 74.0 Å². The number of fused-ring (bicyclic) bond motifs is 5. The molecule has 0 radical (unpaired) electrons. The van der Waals surface area contributed by atoms with Gasteiger partial charge in [0.1, 0.15) is 0 Å². The Kier molecular flexibility index (Phi) is 3.46. The molecule has 0 aromatic carbocycles. The molecule has 0 amide bonds. The molecule has 0 saturated heterocycles. The van der Waals surface area contributed by atoms with E-state index in [0.717, 1.165) is 32.1 Å². The summed E-state index contributed by atoms with van der Waals surface area (Å²) < 4.78 is 0. The Morgan fingerprint density at radius 1 is 0.818 bits per heavy atom. The minimum Gasteiger partial charge on any atom is -0.393 e. The van der Waals surface area contributed by atoms with Gasteiger partial charge in [-0.15, -0.1) is 0 Å². The van der Waals surface area contributed by atoms with Crippen LogP contribution in [0.5, 0.6) is 0 Å². The summed E-state index contributed by atoms with van der Waals surface area (Å²) in [4.78, 5) is 0. The van der Waals surface area contributed by atoms with Gasteiger partial charge in [0.25, 0.3) is 0 Å². The monoisotopic (exact) mass is 308 g/mol. The second-order valence-corrected chi connectivity index (χ2v) is 9.25. The second-order valence-electron chi connectivity index (χ2n) is 9.25. The maximum absolute atomic E-state index is 11.0. The van der Waals surface area contributed by atoms with Crippen LogP contribution in [-0.2, 0) is 0 Å². The highest BCUT2D eigenvalue weighted by atomic mass is 16.3. The molecule has 4 unspecified atom stereocenters. The Labute approximate surface area is 134 Å². The Bertz CT molecular complexity index is 452. The number of hydrogen-bond donors (Lipinski definition) is 3. The zero-order chi connectivity index (χ0) is 15.7. The van der Waals surface area contributed by atoms with E-state index in [1.807, 2.05) is 0 Å². The smallest absolute Gasteiger partial charge is 0.0600 e. The van der Waals surface area contributed by atoms with Gasteiger partial charge in [0.2, 0.25) is 0 Å². The van der Waals surface area contributed by atoms with Crippen molar-refractivity contribution < 1.29 is 15.3 Å². The van der Waals surface area contributed by atoms with Crippen LogP contribution in [0, 0.1) is 34.5 Å². The van der Waals surface area contributed by atoms with E-state index in [0.29, 0.717) is 17.8 Å². The van der Waals surface area contributed by atoms with E-state index >= 15 is 0 Å². The molecule has 0 aromatic heterocycles. The third-order valence-corrected chi connectivity index (χ3v) is 8.60. The highest BCUT2D eigenvalue weighted by molar-refractivity contribution is 5.13. The highest BCUT2D eigenvalue weighted by Crippen LogP contribution is 2.66. The zero-order valence-electron chi connectivity index (χ0n) is 14.0. The predicted molar refractivity (Wildman–Crippen MR) is 85.1 cm³/mol. The van der Waals surface area contributed by atoms with Gasteiger partial charge in [0.05, 0.1) is 18.3 Å². The molecule has 3 N–H and O–H groups in total. The normalized spacial score (nSPS) is 61.2. The lowest BCUT2D eigenvalue weighted by molar-refractivity contribution is -0.207. The van der Waals surface area contributed by atoms with Gasteiger partial charge in [-0.3, -0.25) is 0 Å². The predicted octanol–water partition coefficient (Wildman–Crippen LogP) is 2.72. The molecule has 4 aliphatic rings. The van der Waals surface area contributed by atoms with Crippen molar-refractivity contribution in [3.8, 4) is 0 Å². The molecular formula is C19H32O3. The molecular weight excluding hydrogens is 276 g/mol. The minimum atomic E-state index is -0.362. The fraction of sp³-hybridized carbons (Fsp3) is 1.00. The Hall–Kier alpha value is -0.120. The quantitative estimate of drug-likeness (QED) is 0.645. The molecule has 4 fully saturated rings. The van der Waals surface area contributed by atoms with Crippen molar-refractivity contribution in [2.24, 2.45) is 34.5 Å². The van der Waals surface area contributed by atoms with Crippen LogP contribution >= 0.6 is 0 Å².